The van der Waals surface area contributed by atoms with Gasteiger partial charge in [-0.25, -0.2) is 0 Å². The van der Waals surface area contributed by atoms with Crippen LogP contribution in [0.25, 0.3) is 0 Å². The van der Waals surface area contributed by atoms with Gasteiger partial charge in [0.25, 0.3) is 0 Å². The summed E-state index contributed by atoms with van der Waals surface area (Å²) in [7, 11) is 0. The third-order valence-electron chi connectivity index (χ3n) is 3.63. The fraction of sp³-hybridized carbons (Fsp3) is 0.533. The Hall–Kier alpha value is -1.35. The Bertz CT molecular complexity index is 391. The van der Waals surface area contributed by atoms with Crippen molar-refractivity contribution >= 4 is 5.91 Å². The second-order valence-corrected chi connectivity index (χ2v) is 5.31. The molecule has 1 fully saturated rings. The van der Waals surface area contributed by atoms with Crippen molar-refractivity contribution in [2.24, 2.45) is 11.7 Å². The van der Waals surface area contributed by atoms with Gasteiger partial charge in [-0.2, -0.15) is 0 Å². The van der Waals surface area contributed by atoms with E-state index in [0.717, 1.165) is 25.1 Å². The Morgan fingerprint density at radius 2 is 2.17 bits per heavy atom. The van der Waals surface area contributed by atoms with E-state index in [1.54, 1.807) is 0 Å². The van der Waals surface area contributed by atoms with Gasteiger partial charge < -0.3 is 10.6 Å². The first-order chi connectivity index (χ1) is 8.66. The summed E-state index contributed by atoms with van der Waals surface area (Å²) in [6, 6.07) is 9.67. The number of hydrogen-bond acceptors (Lipinski definition) is 2. The molecule has 1 heterocycles. The van der Waals surface area contributed by atoms with Crippen molar-refractivity contribution < 1.29 is 4.79 Å². The van der Waals surface area contributed by atoms with Gasteiger partial charge in [0.15, 0.2) is 0 Å². The van der Waals surface area contributed by atoms with Gasteiger partial charge in [0.1, 0.15) is 0 Å². The molecule has 2 rings (SSSR count). The van der Waals surface area contributed by atoms with E-state index >= 15 is 0 Å². The number of hydrogen-bond donors (Lipinski definition) is 1. The second-order valence-electron chi connectivity index (χ2n) is 5.31. The smallest absolute Gasteiger partial charge is 0.224 e. The summed E-state index contributed by atoms with van der Waals surface area (Å²) < 4.78 is 0. The molecule has 1 aromatic carbocycles. The SMILES string of the molecule is CC1CCCN(C(=O)C[C@@H](N)c2ccccc2)C1. The van der Waals surface area contributed by atoms with Crippen molar-refractivity contribution in [3.8, 4) is 0 Å². The zero-order valence-corrected chi connectivity index (χ0v) is 11.0. The first-order valence-corrected chi connectivity index (χ1v) is 6.75. The van der Waals surface area contributed by atoms with Crippen LogP contribution in [-0.2, 0) is 4.79 Å². The summed E-state index contributed by atoms with van der Waals surface area (Å²) in [5.41, 5.74) is 7.13. The number of amides is 1. The predicted octanol–water partition coefficient (Wildman–Crippen LogP) is 2.34. The Kier molecular flexibility index (Phi) is 4.37. The quantitative estimate of drug-likeness (QED) is 0.889. The lowest BCUT2D eigenvalue weighted by atomic mass is 9.98. The highest BCUT2D eigenvalue weighted by molar-refractivity contribution is 5.77. The average molecular weight is 246 g/mol. The molecule has 1 saturated heterocycles. The highest BCUT2D eigenvalue weighted by Crippen LogP contribution is 2.19. The molecule has 1 aliphatic rings. The summed E-state index contributed by atoms with van der Waals surface area (Å²) in [6.45, 7) is 3.99. The lowest BCUT2D eigenvalue weighted by Crippen LogP contribution is -2.40. The molecule has 0 spiro atoms. The third-order valence-corrected chi connectivity index (χ3v) is 3.63. The van der Waals surface area contributed by atoms with Gasteiger partial charge in [0.2, 0.25) is 5.91 Å². The summed E-state index contributed by atoms with van der Waals surface area (Å²) in [4.78, 5) is 14.1. The molecule has 1 amide bonds. The molecule has 98 valence electrons. The molecule has 0 aliphatic carbocycles. The summed E-state index contributed by atoms with van der Waals surface area (Å²) in [5.74, 6) is 0.813. The van der Waals surface area contributed by atoms with Gasteiger partial charge in [0, 0.05) is 25.6 Å². The van der Waals surface area contributed by atoms with Gasteiger partial charge in [-0.15, -0.1) is 0 Å². The molecule has 1 aromatic rings. The van der Waals surface area contributed by atoms with Crippen molar-refractivity contribution in [2.45, 2.75) is 32.2 Å². The summed E-state index contributed by atoms with van der Waals surface area (Å²) in [5, 5.41) is 0. The predicted molar refractivity (Wildman–Crippen MR) is 73.0 cm³/mol. The topological polar surface area (TPSA) is 46.3 Å². The molecule has 0 bridgehead atoms. The Morgan fingerprint density at radius 3 is 2.83 bits per heavy atom. The van der Waals surface area contributed by atoms with Crippen molar-refractivity contribution in [1.29, 1.82) is 0 Å². The van der Waals surface area contributed by atoms with E-state index in [9.17, 15) is 4.79 Å². The maximum atomic E-state index is 12.2. The first kappa shape index (κ1) is 13.1. The lowest BCUT2D eigenvalue weighted by Gasteiger charge is -2.31. The van der Waals surface area contributed by atoms with Gasteiger partial charge in [-0.3, -0.25) is 4.79 Å². The number of benzene rings is 1. The third kappa shape index (κ3) is 3.33. The summed E-state index contributed by atoms with van der Waals surface area (Å²) >= 11 is 0. The molecule has 0 radical (unpaired) electrons. The molecule has 1 aliphatic heterocycles. The molecule has 0 aromatic heterocycles. The number of carbonyl (C=O) groups is 1. The van der Waals surface area contributed by atoms with E-state index < -0.39 is 0 Å². The van der Waals surface area contributed by atoms with E-state index in [0.29, 0.717) is 12.3 Å². The molecule has 2 N–H and O–H groups in total. The van der Waals surface area contributed by atoms with Crippen molar-refractivity contribution in [1.82, 2.24) is 4.90 Å². The van der Waals surface area contributed by atoms with Crippen LogP contribution < -0.4 is 5.73 Å². The molecule has 3 heteroatoms. The fourth-order valence-corrected chi connectivity index (χ4v) is 2.55. The number of nitrogens with zero attached hydrogens (tertiary/aromatic N) is 1. The second kappa shape index (κ2) is 6.01. The van der Waals surface area contributed by atoms with E-state index in [1.165, 1.54) is 6.42 Å². The highest BCUT2D eigenvalue weighted by Gasteiger charge is 2.22. The maximum Gasteiger partial charge on any atom is 0.224 e. The van der Waals surface area contributed by atoms with Crippen LogP contribution in [0, 0.1) is 5.92 Å². The van der Waals surface area contributed by atoms with E-state index in [4.69, 9.17) is 5.73 Å². The number of carbonyl (C=O) groups excluding carboxylic acids is 1. The van der Waals surface area contributed by atoms with Gasteiger partial charge in [-0.1, -0.05) is 37.3 Å². The largest absolute Gasteiger partial charge is 0.342 e. The Labute approximate surface area is 109 Å². The number of rotatable bonds is 3. The average Bonchev–Trinajstić information content (AvgIpc) is 2.39. The van der Waals surface area contributed by atoms with Crippen molar-refractivity contribution in [3.63, 3.8) is 0 Å². The van der Waals surface area contributed by atoms with Gasteiger partial charge in [0.05, 0.1) is 0 Å². The monoisotopic (exact) mass is 246 g/mol. The Morgan fingerprint density at radius 1 is 1.44 bits per heavy atom. The fourth-order valence-electron chi connectivity index (χ4n) is 2.55. The minimum atomic E-state index is -0.184. The number of likely N-dealkylation sites (tertiary alicyclic amines) is 1. The molecule has 2 atom stereocenters. The minimum absolute atomic E-state index is 0.184. The van der Waals surface area contributed by atoms with Crippen LogP contribution in [0.3, 0.4) is 0 Å². The van der Waals surface area contributed by atoms with E-state index in [1.807, 2.05) is 35.2 Å². The highest BCUT2D eigenvalue weighted by atomic mass is 16.2. The van der Waals surface area contributed by atoms with Gasteiger partial charge in [-0.05, 0) is 24.3 Å². The van der Waals surface area contributed by atoms with Gasteiger partial charge >= 0.3 is 0 Å². The van der Waals surface area contributed by atoms with Crippen LogP contribution in [0.1, 0.15) is 37.8 Å². The number of nitrogens with two attached hydrogens (primary N) is 1. The summed E-state index contributed by atoms with van der Waals surface area (Å²) in [6.07, 6.45) is 2.76. The maximum absolute atomic E-state index is 12.2. The van der Waals surface area contributed by atoms with Crippen LogP contribution >= 0.6 is 0 Å². The van der Waals surface area contributed by atoms with E-state index in [2.05, 4.69) is 6.92 Å². The normalized spacial score (nSPS) is 21.7. The molecular weight excluding hydrogens is 224 g/mol. The minimum Gasteiger partial charge on any atom is -0.342 e. The Balaban J connectivity index is 1.91. The molecule has 1 unspecified atom stereocenters. The van der Waals surface area contributed by atoms with Crippen molar-refractivity contribution in [2.75, 3.05) is 13.1 Å². The zero-order chi connectivity index (χ0) is 13.0. The molecule has 3 nitrogen and oxygen atoms in total. The van der Waals surface area contributed by atoms with Crippen LogP contribution in [0.4, 0.5) is 0 Å². The van der Waals surface area contributed by atoms with Crippen LogP contribution in [0.15, 0.2) is 30.3 Å². The van der Waals surface area contributed by atoms with Crippen LogP contribution in [0.5, 0.6) is 0 Å². The first-order valence-electron chi connectivity index (χ1n) is 6.75. The molecule has 18 heavy (non-hydrogen) atoms. The standard InChI is InChI=1S/C15H22N2O/c1-12-6-5-9-17(11-12)15(18)10-14(16)13-7-3-2-4-8-13/h2-4,7-8,12,14H,5-6,9-11,16H2,1H3/t12?,14-/m1/s1. The lowest BCUT2D eigenvalue weighted by molar-refractivity contribution is -0.133. The number of piperidine rings is 1. The van der Waals surface area contributed by atoms with Crippen molar-refractivity contribution in [3.05, 3.63) is 35.9 Å². The molecule has 0 saturated carbocycles. The van der Waals surface area contributed by atoms with Crippen LogP contribution in [-0.4, -0.2) is 23.9 Å². The van der Waals surface area contributed by atoms with Crippen LogP contribution in [0.2, 0.25) is 0 Å². The van der Waals surface area contributed by atoms with E-state index in [-0.39, 0.29) is 11.9 Å². The zero-order valence-electron chi connectivity index (χ0n) is 11.0. The molecular formula is C15H22N2O.